The quantitative estimate of drug-likeness (QED) is 0.707. The molecule has 2 heterocycles. The molecule has 3 aromatic rings. The van der Waals surface area contributed by atoms with Crippen LogP contribution in [0.3, 0.4) is 0 Å². The first-order chi connectivity index (χ1) is 11.6. The fourth-order valence-corrected chi connectivity index (χ4v) is 3.69. The highest BCUT2D eigenvalue weighted by atomic mass is 15.2. The van der Waals surface area contributed by atoms with E-state index >= 15 is 0 Å². The molecule has 1 aliphatic heterocycles. The highest BCUT2D eigenvalue weighted by Gasteiger charge is 2.16. The Morgan fingerprint density at radius 1 is 0.833 bits per heavy atom. The van der Waals surface area contributed by atoms with Gasteiger partial charge in [-0.2, -0.15) is 0 Å². The summed E-state index contributed by atoms with van der Waals surface area (Å²) < 4.78 is 2.35. The van der Waals surface area contributed by atoms with E-state index in [1.54, 1.807) is 0 Å². The number of piperazine rings is 1. The molecule has 124 valence electrons. The van der Waals surface area contributed by atoms with Crippen LogP contribution in [0.4, 0.5) is 5.69 Å². The number of likely N-dealkylation sites (N-methyl/N-ethyl adjacent to an activating group) is 1. The van der Waals surface area contributed by atoms with Gasteiger partial charge >= 0.3 is 0 Å². The summed E-state index contributed by atoms with van der Waals surface area (Å²) in [7, 11) is 2.20. The Balaban J connectivity index is 1.79. The van der Waals surface area contributed by atoms with Gasteiger partial charge in [-0.1, -0.05) is 24.3 Å². The van der Waals surface area contributed by atoms with Gasteiger partial charge in [0.2, 0.25) is 0 Å². The predicted molar refractivity (Wildman–Crippen MR) is 102 cm³/mol. The van der Waals surface area contributed by atoms with Crippen molar-refractivity contribution >= 4 is 16.6 Å². The molecule has 0 radical (unpaired) electrons. The monoisotopic (exact) mass is 319 g/mol. The van der Waals surface area contributed by atoms with E-state index in [2.05, 4.69) is 83.9 Å². The van der Waals surface area contributed by atoms with Crippen LogP contribution in [0.1, 0.15) is 11.1 Å². The summed E-state index contributed by atoms with van der Waals surface area (Å²) in [6.45, 7) is 8.87. The smallest absolute Gasteiger partial charge is 0.0557 e. The van der Waals surface area contributed by atoms with Crippen LogP contribution in [0.5, 0.6) is 0 Å². The topological polar surface area (TPSA) is 11.4 Å². The van der Waals surface area contributed by atoms with E-state index in [1.165, 1.54) is 33.4 Å². The number of para-hydroxylation sites is 1. The molecule has 0 spiro atoms. The molecule has 3 nitrogen and oxygen atoms in total. The van der Waals surface area contributed by atoms with Crippen molar-refractivity contribution in [3.05, 3.63) is 59.8 Å². The maximum Gasteiger partial charge on any atom is 0.0557 e. The molecule has 0 unspecified atom stereocenters. The van der Waals surface area contributed by atoms with Gasteiger partial charge in [0.25, 0.3) is 0 Å². The van der Waals surface area contributed by atoms with E-state index in [1.807, 2.05) is 0 Å². The van der Waals surface area contributed by atoms with Gasteiger partial charge in [-0.05, 0) is 50.2 Å². The van der Waals surface area contributed by atoms with Crippen molar-refractivity contribution in [3.8, 4) is 5.69 Å². The number of fused-ring (bicyclic) bond motifs is 1. The largest absolute Gasteiger partial charge is 0.369 e. The average Bonchev–Trinajstić information content (AvgIpc) is 3.01. The zero-order valence-corrected chi connectivity index (χ0v) is 14.8. The highest BCUT2D eigenvalue weighted by molar-refractivity contribution is 5.85. The van der Waals surface area contributed by atoms with Crippen LogP contribution >= 0.6 is 0 Å². The van der Waals surface area contributed by atoms with Gasteiger partial charge in [-0.25, -0.2) is 0 Å². The summed E-state index contributed by atoms with van der Waals surface area (Å²) in [4.78, 5) is 4.90. The molecule has 24 heavy (non-hydrogen) atoms. The van der Waals surface area contributed by atoms with Crippen LogP contribution in [0.25, 0.3) is 16.6 Å². The Bertz CT molecular complexity index is 870. The van der Waals surface area contributed by atoms with Crippen LogP contribution in [0.15, 0.2) is 48.7 Å². The predicted octanol–water partition coefficient (Wildman–Crippen LogP) is 4.00. The first kappa shape index (κ1) is 15.3. The number of anilines is 1. The number of benzene rings is 2. The van der Waals surface area contributed by atoms with Crippen LogP contribution in [0, 0.1) is 13.8 Å². The van der Waals surface area contributed by atoms with Crippen molar-refractivity contribution in [2.45, 2.75) is 13.8 Å². The first-order valence-electron chi connectivity index (χ1n) is 8.75. The molecule has 1 aromatic heterocycles. The summed E-state index contributed by atoms with van der Waals surface area (Å²) in [6, 6.07) is 15.6. The number of aryl methyl sites for hydroxylation is 2. The number of nitrogens with zero attached hydrogens (tertiary/aromatic N) is 3. The second-order valence-electron chi connectivity index (χ2n) is 6.96. The van der Waals surface area contributed by atoms with Gasteiger partial charge in [0.05, 0.1) is 11.2 Å². The number of hydrogen-bond donors (Lipinski definition) is 0. The van der Waals surface area contributed by atoms with Crippen molar-refractivity contribution in [1.82, 2.24) is 9.47 Å². The molecule has 0 saturated carbocycles. The average molecular weight is 319 g/mol. The van der Waals surface area contributed by atoms with E-state index in [0.29, 0.717) is 0 Å². The molecule has 0 atom stereocenters. The third kappa shape index (κ3) is 2.59. The van der Waals surface area contributed by atoms with Crippen molar-refractivity contribution in [1.29, 1.82) is 0 Å². The molecule has 0 bridgehead atoms. The second-order valence-corrected chi connectivity index (χ2v) is 6.96. The fraction of sp³-hybridized carbons (Fsp3) is 0.333. The fourth-order valence-electron chi connectivity index (χ4n) is 3.69. The lowest BCUT2D eigenvalue weighted by Gasteiger charge is -2.34. The second kappa shape index (κ2) is 5.99. The van der Waals surface area contributed by atoms with Crippen LogP contribution < -0.4 is 4.90 Å². The molecule has 0 N–H and O–H groups in total. The Morgan fingerprint density at radius 2 is 1.62 bits per heavy atom. The third-order valence-electron chi connectivity index (χ3n) is 5.23. The SMILES string of the molecule is Cc1ccc(N2CCN(C)CC2)cc1-n1ccc2cccc(C)c21. The highest BCUT2D eigenvalue weighted by Crippen LogP contribution is 2.28. The number of hydrogen-bond acceptors (Lipinski definition) is 2. The Morgan fingerprint density at radius 3 is 2.42 bits per heavy atom. The molecule has 3 heteroatoms. The van der Waals surface area contributed by atoms with Crippen molar-refractivity contribution in [2.75, 3.05) is 38.1 Å². The van der Waals surface area contributed by atoms with E-state index in [0.717, 1.165) is 26.2 Å². The van der Waals surface area contributed by atoms with E-state index < -0.39 is 0 Å². The summed E-state index contributed by atoms with van der Waals surface area (Å²) in [6.07, 6.45) is 2.20. The van der Waals surface area contributed by atoms with Crippen LogP contribution in [-0.2, 0) is 0 Å². The molecule has 0 amide bonds. The minimum Gasteiger partial charge on any atom is -0.369 e. The minimum atomic E-state index is 1.10. The van der Waals surface area contributed by atoms with Gasteiger partial charge in [0.1, 0.15) is 0 Å². The summed E-state index contributed by atoms with van der Waals surface area (Å²) >= 11 is 0. The van der Waals surface area contributed by atoms with E-state index in [9.17, 15) is 0 Å². The maximum absolute atomic E-state index is 2.50. The third-order valence-corrected chi connectivity index (χ3v) is 5.23. The lowest BCUT2D eigenvalue weighted by atomic mass is 10.1. The lowest BCUT2D eigenvalue weighted by molar-refractivity contribution is 0.313. The maximum atomic E-state index is 2.50. The zero-order valence-electron chi connectivity index (χ0n) is 14.8. The van der Waals surface area contributed by atoms with E-state index in [-0.39, 0.29) is 0 Å². The van der Waals surface area contributed by atoms with Gasteiger partial charge in [-0.15, -0.1) is 0 Å². The Kier molecular flexibility index (Phi) is 3.81. The lowest BCUT2D eigenvalue weighted by Crippen LogP contribution is -2.44. The van der Waals surface area contributed by atoms with Crippen LogP contribution in [0.2, 0.25) is 0 Å². The van der Waals surface area contributed by atoms with E-state index in [4.69, 9.17) is 0 Å². The normalized spacial score (nSPS) is 16.0. The van der Waals surface area contributed by atoms with Crippen molar-refractivity contribution < 1.29 is 0 Å². The molecular formula is C21H25N3. The van der Waals surface area contributed by atoms with Gasteiger partial charge in [0.15, 0.2) is 0 Å². The molecule has 1 aliphatic rings. The van der Waals surface area contributed by atoms with Gasteiger partial charge < -0.3 is 14.4 Å². The van der Waals surface area contributed by atoms with Gasteiger partial charge in [0, 0.05) is 43.4 Å². The summed E-state index contributed by atoms with van der Waals surface area (Å²) in [5.41, 5.74) is 6.57. The first-order valence-corrected chi connectivity index (χ1v) is 8.75. The minimum absolute atomic E-state index is 1.10. The van der Waals surface area contributed by atoms with Crippen molar-refractivity contribution in [2.24, 2.45) is 0 Å². The van der Waals surface area contributed by atoms with Gasteiger partial charge in [-0.3, -0.25) is 0 Å². The summed E-state index contributed by atoms with van der Waals surface area (Å²) in [5.74, 6) is 0. The molecule has 0 aliphatic carbocycles. The zero-order chi connectivity index (χ0) is 16.7. The Hall–Kier alpha value is -2.26. The molecule has 2 aromatic carbocycles. The number of rotatable bonds is 2. The molecule has 1 fully saturated rings. The molecule has 1 saturated heterocycles. The standard InChI is InChI=1S/C21H25N3/c1-16-7-8-19(23-13-11-22(3)12-14-23)15-20(16)24-10-9-18-6-4-5-17(2)21(18)24/h4-10,15H,11-14H2,1-3H3. The summed E-state index contributed by atoms with van der Waals surface area (Å²) in [5, 5.41) is 1.31. The molecule has 4 rings (SSSR count). The number of aromatic nitrogens is 1. The molecular weight excluding hydrogens is 294 g/mol. The van der Waals surface area contributed by atoms with Crippen LogP contribution in [-0.4, -0.2) is 42.7 Å². The van der Waals surface area contributed by atoms with Crippen molar-refractivity contribution in [3.63, 3.8) is 0 Å². The Labute approximate surface area is 144 Å².